The van der Waals surface area contributed by atoms with E-state index in [2.05, 4.69) is 47.8 Å². The minimum atomic E-state index is -2.50. The molecule has 4 aromatic rings. The van der Waals surface area contributed by atoms with Crippen molar-refractivity contribution in [3.8, 4) is 5.75 Å². The third kappa shape index (κ3) is 6.76. The van der Waals surface area contributed by atoms with Gasteiger partial charge in [0.2, 0.25) is 0 Å². The fourth-order valence-electron chi connectivity index (χ4n) is 8.65. The molecule has 292 valence electrons. The number of para-hydroxylation sites is 1. The number of hydrogen-bond donors (Lipinski definition) is 6. The zero-order valence-corrected chi connectivity index (χ0v) is 32.0. The van der Waals surface area contributed by atoms with Gasteiger partial charge in [0, 0.05) is 48.6 Å². The molecule has 1 aromatic heterocycles. The van der Waals surface area contributed by atoms with Crippen LogP contribution in [-0.2, 0) is 37.6 Å². The maximum Gasteiger partial charge on any atom is 0.268 e. The molecule has 1 spiro atoms. The Bertz CT molecular complexity index is 2020. The summed E-state index contributed by atoms with van der Waals surface area (Å²) in [6.45, 7) is 7.02. The Kier molecular flexibility index (Phi) is 10.7. The number of rotatable bonds is 11. The van der Waals surface area contributed by atoms with E-state index in [1.165, 1.54) is 0 Å². The Labute approximate surface area is 319 Å². The second-order valence-corrected chi connectivity index (χ2v) is 19.7. The van der Waals surface area contributed by atoms with E-state index < -0.39 is 56.4 Å². The molecule has 3 aromatic carbocycles. The largest absolute Gasteiger partial charge is 0.497 e. The molecule has 15 nitrogen and oxygen atoms in total. The Hall–Kier alpha value is -4.52. The zero-order valence-electron chi connectivity index (χ0n) is 31.0. The van der Waals surface area contributed by atoms with E-state index in [-0.39, 0.29) is 29.7 Å². The summed E-state index contributed by atoms with van der Waals surface area (Å²) in [5, 5.41) is 62.5. The number of hydrogen-bond acceptors (Lipinski definition) is 12. The maximum absolute atomic E-state index is 15.2. The van der Waals surface area contributed by atoms with Gasteiger partial charge in [-0.3, -0.25) is 19.2 Å². The molecule has 0 saturated carbocycles. The van der Waals surface area contributed by atoms with Crippen molar-refractivity contribution in [1.29, 1.82) is 0 Å². The Balaban J connectivity index is 1.30. The topological polar surface area (TPSA) is 209 Å². The molecule has 9 atom stereocenters. The van der Waals surface area contributed by atoms with Crippen molar-refractivity contribution in [2.45, 2.75) is 87.4 Å². The van der Waals surface area contributed by atoms with Crippen molar-refractivity contribution >= 4 is 42.1 Å². The Morgan fingerprint density at radius 2 is 1.73 bits per heavy atom. The monoisotopic (exact) mass is 773 g/mol. The van der Waals surface area contributed by atoms with Crippen molar-refractivity contribution in [1.82, 2.24) is 15.0 Å². The number of aromatic nitrogens is 3. The first kappa shape index (κ1) is 38.7. The molecule has 7 rings (SSSR count). The number of nitrogens with one attached hydrogen (secondary N) is 1. The quantitative estimate of drug-likeness (QED) is 0.120. The normalized spacial score (nSPS) is 29.1. The van der Waals surface area contributed by atoms with Gasteiger partial charge >= 0.3 is 0 Å². The lowest BCUT2D eigenvalue weighted by Crippen LogP contribution is -2.60. The highest BCUT2D eigenvalue weighted by atomic mass is 28.3. The van der Waals surface area contributed by atoms with E-state index in [1.54, 1.807) is 41.1 Å². The van der Waals surface area contributed by atoms with Gasteiger partial charge in [-0.05, 0) is 54.4 Å². The summed E-state index contributed by atoms with van der Waals surface area (Å²) in [4.78, 5) is 30.4. The van der Waals surface area contributed by atoms with Crippen molar-refractivity contribution in [3.05, 3.63) is 90.3 Å². The van der Waals surface area contributed by atoms with Crippen LogP contribution < -0.4 is 20.1 Å². The molecule has 0 unspecified atom stereocenters. The number of nitrogens with zero attached hydrogens (tertiary/aromatic N) is 4. The molecule has 0 bridgehead atoms. The molecule has 55 heavy (non-hydrogen) atoms. The number of methoxy groups -OCH3 is 1. The predicted molar refractivity (Wildman–Crippen MR) is 203 cm³/mol. The van der Waals surface area contributed by atoms with E-state index in [9.17, 15) is 30.3 Å². The Morgan fingerprint density at radius 3 is 2.42 bits per heavy atom. The van der Waals surface area contributed by atoms with E-state index in [0.717, 1.165) is 10.9 Å². The molecule has 3 aliphatic heterocycles. The third-order valence-corrected chi connectivity index (χ3v) is 15.8. The van der Waals surface area contributed by atoms with Gasteiger partial charge in [0.25, 0.3) is 11.8 Å². The molecular formula is C39H47N5O10Si. The summed E-state index contributed by atoms with van der Waals surface area (Å²) in [5.41, 5.74) is 1.11. The van der Waals surface area contributed by atoms with Gasteiger partial charge in [0.15, 0.2) is 18.0 Å². The van der Waals surface area contributed by atoms with E-state index >= 15 is 4.79 Å². The average molecular weight is 774 g/mol. The molecule has 0 aliphatic carbocycles. The second kappa shape index (κ2) is 15.2. The van der Waals surface area contributed by atoms with Crippen LogP contribution in [0.25, 0.3) is 0 Å². The number of carbonyl (C=O) groups is 2. The molecule has 4 heterocycles. The SMILES string of the molecule is COc1ccc([Si](C)(C)[C@H]2[C@H](CCn3cc(CCO)nn3)O[C@@]3(C(=O)N(c4ccccc4)c4ccc(NC(=O)[C@H]5O[C@@H](O)[C@H](O)[C@@H](O)[C@@H]5O)cc43)[C@@H]2C)cc1. The van der Waals surface area contributed by atoms with Gasteiger partial charge < -0.3 is 45.1 Å². The summed E-state index contributed by atoms with van der Waals surface area (Å²) in [6.07, 6.45) is -6.75. The van der Waals surface area contributed by atoms with Gasteiger partial charge in [0.05, 0.1) is 32.7 Å². The minimum Gasteiger partial charge on any atom is -0.497 e. The van der Waals surface area contributed by atoms with Crippen molar-refractivity contribution in [2.24, 2.45) is 5.92 Å². The molecule has 2 saturated heterocycles. The van der Waals surface area contributed by atoms with Crippen LogP contribution in [0.2, 0.25) is 18.6 Å². The highest BCUT2D eigenvalue weighted by Gasteiger charge is 2.66. The molecule has 16 heteroatoms. The van der Waals surface area contributed by atoms with E-state index in [0.29, 0.717) is 42.0 Å². The van der Waals surface area contributed by atoms with Crippen molar-refractivity contribution in [2.75, 3.05) is 23.9 Å². The van der Waals surface area contributed by atoms with Crippen molar-refractivity contribution in [3.63, 3.8) is 0 Å². The molecular weight excluding hydrogens is 727 g/mol. The number of anilines is 3. The average Bonchev–Trinajstić information content (AvgIpc) is 3.84. The van der Waals surface area contributed by atoms with Crippen LogP contribution in [0.4, 0.5) is 17.1 Å². The fraction of sp³-hybridized carbons (Fsp3) is 0.436. The van der Waals surface area contributed by atoms with Gasteiger partial charge in [-0.1, -0.05) is 60.7 Å². The maximum atomic E-state index is 15.2. The van der Waals surface area contributed by atoms with Crippen LogP contribution >= 0.6 is 0 Å². The smallest absolute Gasteiger partial charge is 0.268 e. The summed E-state index contributed by atoms with van der Waals surface area (Å²) >= 11 is 0. The number of amides is 2. The lowest BCUT2D eigenvalue weighted by molar-refractivity contribution is -0.274. The highest BCUT2D eigenvalue weighted by Crippen LogP contribution is 2.61. The van der Waals surface area contributed by atoms with Crippen LogP contribution in [0.15, 0.2) is 79.0 Å². The Morgan fingerprint density at radius 1 is 1.00 bits per heavy atom. The standard InChI is InChI=1S/C39H47N5O10Si/c1-22-35(55(3,4)27-13-11-26(52-2)12-14-27)30(16-18-43-21-24(17-19-45)41-42-43)54-39(22)28-20-23(40-36(49)34-32(47)31(46)33(48)37(50)53-34)10-15-29(28)44(38(39)51)25-8-6-5-7-9-25/h5-15,20-22,30-35,37,45-48,50H,16-19H2,1-4H3,(H,40,49)/t22-,30+,31+,32+,33-,34+,35-,37-,39+/m1/s1. The lowest BCUT2D eigenvalue weighted by atomic mass is 9.82. The number of ether oxygens (including phenoxy) is 3. The van der Waals surface area contributed by atoms with Crippen LogP contribution in [0.1, 0.15) is 24.6 Å². The number of aryl methyl sites for hydroxylation is 1. The summed E-state index contributed by atoms with van der Waals surface area (Å²) in [6, 6.07) is 22.4. The molecule has 0 radical (unpaired) electrons. The zero-order chi connectivity index (χ0) is 39.2. The van der Waals surface area contributed by atoms with Gasteiger partial charge in [-0.15, -0.1) is 5.10 Å². The minimum absolute atomic E-state index is 0.0443. The van der Waals surface area contributed by atoms with Gasteiger partial charge in [-0.25, -0.2) is 0 Å². The lowest BCUT2D eigenvalue weighted by Gasteiger charge is -2.37. The number of carbonyl (C=O) groups excluding carboxylic acids is 2. The first-order chi connectivity index (χ1) is 26.3. The molecule has 3 aliphatic rings. The molecule has 6 N–H and O–H groups in total. The van der Waals surface area contributed by atoms with E-state index in [1.807, 2.05) is 42.5 Å². The van der Waals surface area contributed by atoms with Crippen LogP contribution in [-0.4, -0.2) is 111 Å². The van der Waals surface area contributed by atoms with Gasteiger partial charge in [-0.2, -0.15) is 0 Å². The van der Waals surface area contributed by atoms with Crippen molar-refractivity contribution < 1.29 is 49.3 Å². The highest BCUT2D eigenvalue weighted by molar-refractivity contribution is 6.91. The number of fused-ring (bicyclic) bond motifs is 2. The predicted octanol–water partition coefficient (Wildman–Crippen LogP) is 1.54. The van der Waals surface area contributed by atoms with Crippen LogP contribution in [0.5, 0.6) is 5.75 Å². The summed E-state index contributed by atoms with van der Waals surface area (Å²) < 4.78 is 19.6. The number of benzene rings is 3. The fourth-order valence-corrected chi connectivity index (χ4v) is 12.7. The second-order valence-electron chi connectivity index (χ2n) is 15.0. The van der Waals surface area contributed by atoms with Crippen LogP contribution in [0, 0.1) is 5.92 Å². The van der Waals surface area contributed by atoms with E-state index in [4.69, 9.17) is 14.2 Å². The third-order valence-electron chi connectivity index (χ3n) is 11.5. The molecule has 2 fully saturated rings. The number of aliphatic hydroxyl groups is 5. The summed E-state index contributed by atoms with van der Waals surface area (Å²) in [7, 11) is -0.875. The first-order valence-corrected chi connectivity index (χ1v) is 21.4. The molecule has 2 amide bonds. The first-order valence-electron chi connectivity index (χ1n) is 18.4. The summed E-state index contributed by atoms with van der Waals surface area (Å²) in [5.74, 6) is -0.771. The van der Waals surface area contributed by atoms with Crippen LogP contribution in [0.3, 0.4) is 0 Å². The van der Waals surface area contributed by atoms with Gasteiger partial charge in [0.1, 0.15) is 24.1 Å². The number of aliphatic hydroxyl groups excluding tert-OH is 5.